The summed E-state index contributed by atoms with van der Waals surface area (Å²) < 4.78 is 2.35. The molecule has 3 aliphatic rings. The zero-order valence-electron chi connectivity index (χ0n) is 35.5. The molecule has 1 aliphatic carbocycles. The minimum absolute atomic E-state index is 0.0254. The second-order valence-corrected chi connectivity index (χ2v) is 16.2. The molecule has 0 saturated carbocycles. The van der Waals surface area contributed by atoms with Gasteiger partial charge < -0.3 is 20.6 Å². The van der Waals surface area contributed by atoms with E-state index in [2.05, 4.69) is 82.5 Å². The third-order valence-corrected chi connectivity index (χ3v) is 12.8. The number of likely N-dealkylation sites (N-methyl/N-ethyl adjacent to an activating group) is 2. The number of carbonyl (C=O) groups is 3. The molecule has 6 aromatic carbocycles. The van der Waals surface area contributed by atoms with Gasteiger partial charge >= 0.3 is 0 Å². The summed E-state index contributed by atoms with van der Waals surface area (Å²) in [5, 5.41) is 22.4. The molecule has 0 spiro atoms. The van der Waals surface area contributed by atoms with Crippen LogP contribution in [0.2, 0.25) is 0 Å². The highest BCUT2D eigenvalue weighted by molar-refractivity contribution is 6.52. The van der Waals surface area contributed by atoms with Crippen LogP contribution in [0.25, 0.3) is 11.1 Å². The molecular formula is C54H50N4O4. The topological polar surface area (TPSA) is 105 Å². The summed E-state index contributed by atoms with van der Waals surface area (Å²) in [6, 6.07) is 49.1. The first kappa shape index (κ1) is 40.4. The van der Waals surface area contributed by atoms with Gasteiger partial charge in [-0.3, -0.25) is 14.4 Å². The van der Waals surface area contributed by atoms with Gasteiger partial charge in [0, 0.05) is 70.1 Å². The van der Waals surface area contributed by atoms with Gasteiger partial charge in [0.1, 0.15) is 6.54 Å². The Morgan fingerprint density at radius 1 is 0.613 bits per heavy atom. The molecule has 8 heteroatoms. The van der Waals surface area contributed by atoms with Gasteiger partial charge in [-0.1, -0.05) is 141 Å². The zero-order chi connectivity index (χ0) is 43.1. The van der Waals surface area contributed by atoms with Crippen molar-refractivity contribution in [3.05, 3.63) is 201 Å². The summed E-state index contributed by atoms with van der Waals surface area (Å²) in [6.07, 6.45) is 0.442. The second kappa shape index (κ2) is 16.8. The predicted octanol–water partition coefficient (Wildman–Crippen LogP) is 8.00. The lowest BCUT2D eigenvalue weighted by atomic mass is 9.78. The number of benzene rings is 6. The van der Waals surface area contributed by atoms with Crippen LogP contribution in [0.3, 0.4) is 0 Å². The Kier molecular flexibility index (Phi) is 10.9. The largest absolute Gasteiger partial charge is 0.871 e. The fourth-order valence-electron chi connectivity index (χ4n) is 10.0. The zero-order valence-corrected chi connectivity index (χ0v) is 35.5. The summed E-state index contributed by atoms with van der Waals surface area (Å²) in [6.45, 7) is 9.18. The molecule has 2 N–H and O–H groups in total. The smallest absolute Gasteiger partial charge is 0.224 e. The van der Waals surface area contributed by atoms with Crippen LogP contribution in [-0.2, 0) is 14.4 Å². The van der Waals surface area contributed by atoms with Crippen LogP contribution in [0.5, 0.6) is 0 Å². The quantitative estimate of drug-likeness (QED) is 0.129. The van der Waals surface area contributed by atoms with Crippen molar-refractivity contribution in [1.82, 2.24) is 4.58 Å². The minimum atomic E-state index is -0.420. The SMILES string of the molecule is CCC(=O)Nc1cc2c(cc1C1=C([O-])/C(=c3\cc4c(cc3NC(=O)CC)=[N+](CC)C(c3ccccc3)C4c3ccccc3)C1=O)C(c1ccccc1)C(c1ccccc1)N2CC. The van der Waals surface area contributed by atoms with E-state index in [1.165, 1.54) is 0 Å². The number of rotatable bonds is 11. The number of allylic oxidation sites excluding steroid dienone is 2. The number of nitrogens with one attached hydrogen (secondary N) is 2. The second-order valence-electron chi connectivity index (χ2n) is 16.2. The van der Waals surface area contributed by atoms with E-state index in [4.69, 9.17) is 0 Å². The van der Waals surface area contributed by atoms with Crippen molar-refractivity contribution in [2.75, 3.05) is 28.6 Å². The van der Waals surface area contributed by atoms with Gasteiger partial charge in [0.15, 0.2) is 11.8 Å². The van der Waals surface area contributed by atoms with Crippen molar-refractivity contribution in [2.24, 2.45) is 0 Å². The summed E-state index contributed by atoms with van der Waals surface area (Å²) in [5.74, 6) is -1.54. The average Bonchev–Trinajstić information content (AvgIpc) is 3.81. The van der Waals surface area contributed by atoms with Crippen molar-refractivity contribution in [3.63, 3.8) is 0 Å². The number of amides is 2. The molecule has 0 radical (unpaired) electrons. The highest BCUT2D eigenvalue weighted by Gasteiger charge is 2.44. The van der Waals surface area contributed by atoms with Crippen molar-refractivity contribution in [2.45, 2.75) is 64.5 Å². The fraction of sp³-hybridized carbons (Fsp3) is 0.222. The summed E-state index contributed by atoms with van der Waals surface area (Å²) in [5.41, 5.74) is 8.69. The molecular weight excluding hydrogens is 769 g/mol. The minimum Gasteiger partial charge on any atom is -0.871 e. The molecule has 2 amide bonds. The number of hydrogen-bond donors (Lipinski definition) is 2. The molecule has 0 fully saturated rings. The van der Waals surface area contributed by atoms with E-state index in [1.54, 1.807) is 13.8 Å². The number of hydrogen-bond acceptors (Lipinski definition) is 5. The maximum Gasteiger partial charge on any atom is 0.224 e. The van der Waals surface area contributed by atoms with Crippen LogP contribution >= 0.6 is 0 Å². The van der Waals surface area contributed by atoms with Crippen LogP contribution in [0.4, 0.5) is 17.1 Å². The maximum absolute atomic E-state index is 15.0. The van der Waals surface area contributed by atoms with Crippen LogP contribution in [0.15, 0.2) is 151 Å². The van der Waals surface area contributed by atoms with E-state index in [9.17, 15) is 19.5 Å². The number of Topliss-reactive ketones (excluding diaryl/α,β-unsaturated/α-hetero) is 1. The number of ketones is 1. The third-order valence-electron chi connectivity index (χ3n) is 12.8. The molecule has 0 bridgehead atoms. The normalized spacial score (nSPS) is 19.8. The first-order valence-electron chi connectivity index (χ1n) is 21.8. The van der Waals surface area contributed by atoms with E-state index >= 15 is 0 Å². The predicted molar refractivity (Wildman–Crippen MR) is 245 cm³/mol. The van der Waals surface area contributed by atoms with E-state index in [0.29, 0.717) is 35.2 Å². The molecule has 2 heterocycles. The van der Waals surface area contributed by atoms with E-state index in [1.807, 2.05) is 97.1 Å². The van der Waals surface area contributed by atoms with Gasteiger partial charge in [-0.05, 0) is 54.3 Å². The van der Waals surface area contributed by atoms with Gasteiger partial charge in [0.05, 0.1) is 23.3 Å². The molecule has 0 aromatic heterocycles. The Balaban J connectivity index is 1.28. The first-order chi connectivity index (χ1) is 30.3. The highest BCUT2D eigenvalue weighted by atomic mass is 16.3. The van der Waals surface area contributed by atoms with Crippen LogP contribution < -0.4 is 35.8 Å². The number of nitrogens with zero attached hydrogens (tertiary/aromatic N) is 2. The molecule has 310 valence electrons. The highest BCUT2D eigenvalue weighted by Crippen LogP contribution is 2.54. The molecule has 8 nitrogen and oxygen atoms in total. The molecule has 0 saturated heterocycles. The summed E-state index contributed by atoms with van der Waals surface area (Å²) in [4.78, 5) is 43.7. The molecule has 2 aliphatic heterocycles. The molecule has 6 aromatic rings. The number of anilines is 3. The van der Waals surface area contributed by atoms with E-state index in [0.717, 1.165) is 44.4 Å². The van der Waals surface area contributed by atoms with E-state index < -0.39 is 11.5 Å². The lowest BCUT2D eigenvalue weighted by Gasteiger charge is -2.33. The molecule has 9 rings (SSSR count). The lowest BCUT2D eigenvalue weighted by molar-refractivity contribution is -0.292. The van der Waals surface area contributed by atoms with Crippen molar-refractivity contribution in [3.8, 4) is 0 Å². The Bertz CT molecular complexity index is 2880. The van der Waals surface area contributed by atoms with Crippen molar-refractivity contribution < 1.29 is 19.5 Å². The summed E-state index contributed by atoms with van der Waals surface area (Å²) >= 11 is 0. The van der Waals surface area contributed by atoms with Crippen molar-refractivity contribution in [1.29, 1.82) is 0 Å². The van der Waals surface area contributed by atoms with Gasteiger partial charge in [-0.2, -0.15) is 0 Å². The van der Waals surface area contributed by atoms with Crippen LogP contribution in [-0.4, -0.2) is 30.7 Å². The Hall–Kier alpha value is -7.06. The molecule has 62 heavy (non-hydrogen) atoms. The third kappa shape index (κ3) is 6.80. The fourth-order valence-corrected chi connectivity index (χ4v) is 10.0. The van der Waals surface area contributed by atoms with Gasteiger partial charge in [-0.15, -0.1) is 0 Å². The first-order valence-corrected chi connectivity index (χ1v) is 21.8. The van der Waals surface area contributed by atoms with Crippen LogP contribution in [0.1, 0.15) is 103 Å². The lowest BCUT2D eigenvalue weighted by Crippen LogP contribution is -2.36. The standard InChI is InChI=1S/C54H50N4O4/c1-5-45(59)55-41-31-43-39(47(33-21-13-9-14-22-33)51(57(43)7-3)35-25-17-11-18-26-35)29-37(41)49-53(61)50(54(49)62)38-30-40-44(32-42(38)56-46(60)6-2)58(8-4)52(36-27-19-12-20-28-36)48(40)34-23-15-10-16-24-34/h9-32,47-48,51-52H,5-8H2,1-4H3,(H2,55,56,59,60,61,62). The van der Waals surface area contributed by atoms with Gasteiger partial charge in [0.25, 0.3) is 0 Å². The Morgan fingerprint density at radius 2 is 1.15 bits per heavy atom. The Morgan fingerprint density at radius 3 is 1.68 bits per heavy atom. The summed E-state index contributed by atoms with van der Waals surface area (Å²) in [7, 11) is 0. The van der Waals surface area contributed by atoms with Crippen molar-refractivity contribution >= 4 is 45.8 Å². The Labute approximate surface area is 362 Å². The monoisotopic (exact) mass is 818 g/mol. The molecule has 4 atom stereocenters. The van der Waals surface area contributed by atoms with Gasteiger partial charge in [0.2, 0.25) is 17.2 Å². The van der Waals surface area contributed by atoms with E-state index in [-0.39, 0.29) is 59.7 Å². The van der Waals surface area contributed by atoms with Crippen LogP contribution in [0, 0.1) is 0 Å². The van der Waals surface area contributed by atoms with Gasteiger partial charge in [-0.25, -0.2) is 4.58 Å². The number of carbonyl (C=O) groups excluding carboxylic acids is 3. The number of fused-ring (bicyclic) bond motifs is 2. The average molecular weight is 819 g/mol. The maximum atomic E-state index is 15.0. The molecule has 4 unspecified atom stereocenters.